The molecule has 44 heavy (non-hydrogen) atoms. The van der Waals surface area contributed by atoms with Gasteiger partial charge in [0.15, 0.2) is 0 Å². The number of rotatable bonds is 9. The van der Waals surface area contributed by atoms with Crippen LogP contribution >= 0.6 is 11.8 Å². The van der Waals surface area contributed by atoms with Crippen LogP contribution in [0.15, 0.2) is 52.1 Å². The Balaban J connectivity index is 1.21. The number of nitrogens with zero attached hydrogens (tertiary/aromatic N) is 5. The molecule has 1 aliphatic heterocycles. The lowest BCUT2D eigenvalue weighted by atomic mass is 10.0. The molecular formula is C28H28F4N8O3S. The van der Waals surface area contributed by atoms with Crippen LogP contribution in [0.25, 0.3) is 27.8 Å². The Morgan fingerprint density at radius 2 is 2.11 bits per heavy atom. The van der Waals surface area contributed by atoms with Crippen molar-refractivity contribution < 1.29 is 31.6 Å². The topological polar surface area (TPSA) is 126 Å². The molecule has 0 saturated carbocycles. The minimum absolute atomic E-state index is 0.00469. The molecule has 0 bridgehead atoms. The summed E-state index contributed by atoms with van der Waals surface area (Å²) >= 11 is -0.309. The average Bonchev–Trinajstić information content (AvgIpc) is 3.70. The number of nitrogens with one attached hydrogen (secondary N) is 3. The number of ether oxygens (including phenoxy) is 1. The second-order valence-electron chi connectivity index (χ2n) is 10.5. The molecule has 1 amide bonds. The number of aromatic nitrogens is 5. The van der Waals surface area contributed by atoms with Crippen molar-refractivity contribution in [3.05, 3.63) is 54.2 Å². The molecule has 0 aliphatic carbocycles. The van der Waals surface area contributed by atoms with Crippen molar-refractivity contribution in [2.45, 2.75) is 42.1 Å². The van der Waals surface area contributed by atoms with Crippen molar-refractivity contribution in [2.24, 2.45) is 0 Å². The molecule has 1 fully saturated rings. The summed E-state index contributed by atoms with van der Waals surface area (Å²) in [5, 5.41) is 17.4. The molecule has 4 aromatic heterocycles. The quantitative estimate of drug-likeness (QED) is 0.155. The Morgan fingerprint density at radius 1 is 1.27 bits per heavy atom. The molecule has 1 aliphatic rings. The van der Waals surface area contributed by atoms with Gasteiger partial charge in [-0.2, -0.15) is 23.3 Å². The summed E-state index contributed by atoms with van der Waals surface area (Å²) in [7, 11) is 3.38. The van der Waals surface area contributed by atoms with Gasteiger partial charge in [0, 0.05) is 36.4 Å². The Kier molecular flexibility index (Phi) is 8.11. The van der Waals surface area contributed by atoms with Gasteiger partial charge in [0.2, 0.25) is 17.6 Å². The van der Waals surface area contributed by atoms with E-state index in [0.29, 0.717) is 35.6 Å². The number of H-pyrrole nitrogens is 1. The van der Waals surface area contributed by atoms with E-state index in [2.05, 4.69) is 31.0 Å². The number of likely N-dealkylation sites (tertiary alicyclic amines) is 1. The predicted molar refractivity (Wildman–Crippen MR) is 155 cm³/mol. The van der Waals surface area contributed by atoms with E-state index in [1.165, 1.54) is 16.7 Å². The van der Waals surface area contributed by atoms with Crippen molar-refractivity contribution in [1.29, 1.82) is 0 Å². The van der Waals surface area contributed by atoms with E-state index in [9.17, 15) is 22.4 Å². The minimum atomic E-state index is -4.61. The van der Waals surface area contributed by atoms with Gasteiger partial charge in [0.1, 0.15) is 11.9 Å². The van der Waals surface area contributed by atoms with Gasteiger partial charge >= 0.3 is 5.51 Å². The van der Waals surface area contributed by atoms with Crippen molar-refractivity contribution in [3.8, 4) is 17.1 Å². The highest BCUT2D eigenvalue weighted by Crippen LogP contribution is 2.44. The molecule has 2 atom stereocenters. The molecule has 232 valence electrons. The molecule has 5 aromatic rings. The molecule has 5 heterocycles. The van der Waals surface area contributed by atoms with Crippen LogP contribution in [0, 0.1) is 0 Å². The van der Waals surface area contributed by atoms with E-state index in [-0.39, 0.29) is 59.5 Å². The van der Waals surface area contributed by atoms with Gasteiger partial charge in [-0.15, -0.1) is 0 Å². The third-order valence-corrected chi connectivity index (χ3v) is 8.23. The number of fused-ring (bicyclic) bond motifs is 2. The number of aromatic amines is 1. The standard InChI is InChI=1S/C28H28F4N8O3S/c1-39-9-7-20(18(29)14-39)34-21-4-3-8-40-23(21)11-17(27(40)44-28(30,31)32)26-35-25(43-38-26)13-33-24(41)12-22-16-10-15(42-2)5-6-19(16)36-37-22/h3-6,8,10-11,18,20,34H,7,9,12-14H2,1-2H3,(H,33,41)(H,36,37)/t18-,20+/m0/s1. The first-order valence-corrected chi connectivity index (χ1v) is 14.5. The molecule has 11 nitrogen and oxygen atoms in total. The first kappa shape index (κ1) is 29.7. The number of piperidine rings is 1. The number of halogens is 4. The van der Waals surface area contributed by atoms with Crippen molar-refractivity contribution in [3.63, 3.8) is 0 Å². The second-order valence-corrected chi connectivity index (χ2v) is 11.5. The largest absolute Gasteiger partial charge is 0.497 e. The van der Waals surface area contributed by atoms with Crippen LogP contribution in [-0.2, 0) is 17.8 Å². The zero-order valence-electron chi connectivity index (χ0n) is 23.6. The summed E-state index contributed by atoms with van der Waals surface area (Å²) < 4.78 is 67.7. The normalized spacial score (nSPS) is 17.8. The van der Waals surface area contributed by atoms with Crippen LogP contribution in [0.1, 0.15) is 18.0 Å². The molecule has 16 heteroatoms. The van der Waals surface area contributed by atoms with E-state index in [4.69, 9.17) is 9.26 Å². The zero-order chi connectivity index (χ0) is 31.0. The van der Waals surface area contributed by atoms with Gasteiger partial charge in [0.05, 0.1) is 59.1 Å². The highest BCUT2D eigenvalue weighted by molar-refractivity contribution is 8.00. The third kappa shape index (κ3) is 6.31. The van der Waals surface area contributed by atoms with Gasteiger partial charge in [-0.1, -0.05) is 5.16 Å². The number of methoxy groups -OCH3 is 1. The number of carbonyl (C=O) groups is 1. The Bertz CT molecular complexity index is 1800. The highest BCUT2D eigenvalue weighted by atomic mass is 32.2. The fourth-order valence-electron chi connectivity index (χ4n) is 5.22. The Morgan fingerprint density at radius 3 is 2.89 bits per heavy atom. The molecule has 3 N–H and O–H groups in total. The summed E-state index contributed by atoms with van der Waals surface area (Å²) in [6.07, 6.45) is 0.853. The third-order valence-electron chi connectivity index (χ3n) is 7.38. The SMILES string of the molecule is COc1ccc2[nH]nc(CC(=O)NCc3nc(-c4cc5c(N[C@@H]6CCN(C)C[C@@H]6F)cccn5c4SC(F)(F)F)no3)c2c1. The number of amides is 1. The fourth-order valence-corrected chi connectivity index (χ4v) is 5.96. The van der Waals surface area contributed by atoms with Crippen molar-refractivity contribution in [1.82, 2.24) is 35.0 Å². The summed E-state index contributed by atoms with van der Waals surface area (Å²) in [4.78, 5) is 18.8. The van der Waals surface area contributed by atoms with E-state index >= 15 is 0 Å². The summed E-state index contributed by atoms with van der Waals surface area (Å²) in [5.74, 6) is 0.171. The highest BCUT2D eigenvalue weighted by Gasteiger charge is 2.34. The van der Waals surface area contributed by atoms with Crippen LogP contribution in [-0.4, -0.2) is 80.5 Å². The number of hydrogen-bond acceptors (Lipinski definition) is 9. The molecule has 0 spiro atoms. The number of alkyl halides is 4. The zero-order valence-corrected chi connectivity index (χ0v) is 24.4. The lowest BCUT2D eigenvalue weighted by molar-refractivity contribution is -0.120. The van der Waals surface area contributed by atoms with E-state index in [1.54, 1.807) is 37.4 Å². The van der Waals surface area contributed by atoms with Gasteiger partial charge in [-0.05, 0) is 49.9 Å². The predicted octanol–water partition coefficient (Wildman–Crippen LogP) is 4.80. The maximum absolute atomic E-state index is 14.8. The molecular weight excluding hydrogens is 604 g/mol. The average molecular weight is 633 g/mol. The van der Waals surface area contributed by atoms with Crippen molar-refractivity contribution in [2.75, 3.05) is 32.6 Å². The summed E-state index contributed by atoms with van der Waals surface area (Å²) in [6, 6.07) is 9.66. The first-order chi connectivity index (χ1) is 21.1. The Hall–Kier alpha value is -4.31. The molecule has 1 aromatic carbocycles. The fraction of sp³-hybridized carbons (Fsp3) is 0.357. The van der Waals surface area contributed by atoms with Crippen LogP contribution in [0.4, 0.5) is 23.2 Å². The van der Waals surface area contributed by atoms with Crippen LogP contribution in [0.2, 0.25) is 0 Å². The number of pyridine rings is 1. The lowest BCUT2D eigenvalue weighted by Gasteiger charge is -2.33. The van der Waals surface area contributed by atoms with E-state index in [1.807, 2.05) is 11.9 Å². The van der Waals surface area contributed by atoms with Gasteiger partial charge in [0.25, 0.3) is 0 Å². The van der Waals surface area contributed by atoms with E-state index < -0.39 is 17.7 Å². The number of benzene rings is 1. The van der Waals surface area contributed by atoms with Crippen LogP contribution < -0.4 is 15.4 Å². The summed E-state index contributed by atoms with van der Waals surface area (Å²) in [6.45, 7) is 0.808. The molecule has 6 rings (SSSR count). The van der Waals surface area contributed by atoms with Gasteiger partial charge in [-0.25, -0.2) is 4.39 Å². The molecule has 1 saturated heterocycles. The Labute approximate surface area is 252 Å². The lowest BCUT2D eigenvalue weighted by Crippen LogP contribution is -2.46. The van der Waals surface area contributed by atoms with Crippen molar-refractivity contribution >= 4 is 39.8 Å². The number of carbonyl (C=O) groups excluding carboxylic acids is 1. The first-order valence-electron chi connectivity index (χ1n) is 13.7. The monoisotopic (exact) mass is 632 g/mol. The molecule has 0 unspecified atom stereocenters. The number of thioether (sulfide) groups is 1. The van der Waals surface area contributed by atoms with Gasteiger partial charge < -0.3 is 29.2 Å². The van der Waals surface area contributed by atoms with E-state index in [0.717, 1.165) is 10.9 Å². The molecule has 0 radical (unpaired) electrons. The minimum Gasteiger partial charge on any atom is -0.497 e. The van der Waals surface area contributed by atoms with Gasteiger partial charge in [-0.3, -0.25) is 9.89 Å². The number of hydrogen-bond donors (Lipinski definition) is 3. The maximum atomic E-state index is 14.8. The van der Waals surface area contributed by atoms with Crippen LogP contribution in [0.5, 0.6) is 5.75 Å². The smallest absolute Gasteiger partial charge is 0.447 e. The maximum Gasteiger partial charge on any atom is 0.447 e. The second kappa shape index (κ2) is 12.0. The number of anilines is 1. The summed E-state index contributed by atoms with van der Waals surface area (Å²) in [5.41, 5.74) is -2.37. The van der Waals surface area contributed by atoms with Crippen LogP contribution in [0.3, 0.4) is 0 Å².